The molecule has 0 aromatic heterocycles. The lowest BCUT2D eigenvalue weighted by atomic mass is 9.78. The third kappa shape index (κ3) is 2.09. The molecule has 2 aliphatic rings. The molecule has 0 amide bonds. The highest BCUT2D eigenvalue weighted by atomic mass is 16.3. The SMILES string of the molecule is CN1CCCc2cc(C(O)C3(C#N)CCCC3)ccc21. The zero-order valence-corrected chi connectivity index (χ0v) is 12.1. The van der Waals surface area contributed by atoms with Gasteiger partial charge < -0.3 is 10.0 Å². The van der Waals surface area contributed by atoms with Gasteiger partial charge in [-0.25, -0.2) is 0 Å². The number of nitriles is 1. The lowest BCUT2D eigenvalue weighted by Gasteiger charge is -2.31. The van der Waals surface area contributed by atoms with Gasteiger partial charge in [0, 0.05) is 19.3 Å². The molecule has 1 aromatic rings. The molecule has 1 unspecified atom stereocenters. The summed E-state index contributed by atoms with van der Waals surface area (Å²) in [4.78, 5) is 2.27. The van der Waals surface area contributed by atoms with Crippen LogP contribution in [0.5, 0.6) is 0 Å². The Kier molecular flexibility index (Phi) is 3.43. The topological polar surface area (TPSA) is 47.3 Å². The number of fused-ring (bicyclic) bond motifs is 1. The van der Waals surface area contributed by atoms with Crippen LogP contribution in [0.1, 0.15) is 49.3 Å². The van der Waals surface area contributed by atoms with Gasteiger partial charge in [-0.15, -0.1) is 0 Å². The van der Waals surface area contributed by atoms with Gasteiger partial charge in [0.15, 0.2) is 0 Å². The molecule has 0 radical (unpaired) electrons. The van der Waals surface area contributed by atoms with E-state index >= 15 is 0 Å². The number of anilines is 1. The Labute approximate surface area is 120 Å². The van der Waals surface area contributed by atoms with E-state index in [2.05, 4.69) is 30.1 Å². The molecule has 1 saturated carbocycles. The minimum Gasteiger partial charge on any atom is -0.387 e. The van der Waals surface area contributed by atoms with Crippen LogP contribution >= 0.6 is 0 Å². The van der Waals surface area contributed by atoms with E-state index in [-0.39, 0.29) is 0 Å². The maximum atomic E-state index is 10.7. The molecule has 1 aliphatic carbocycles. The molecule has 1 aliphatic heterocycles. The quantitative estimate of drug-likeness (QED) is 0.897. The van der Waals surface area contributed by atoms with Crippen LogP contribution in [0.2, 0.25) is 0 Å². The highest BCUT2D eigenvalue weighted by Crippen LogP contribution is 2.47. The van der Waals surface area contributed by atoms with Crippen LogP contribution in [0.3, 0.4) is 0 Å². The molecule has 3 rings (SSSR count). The summed E-state index contributed by atoms with van der Waals surface area (Å²) in [5.74, 6) is 0. The molecule has 3 nitrogen and oxygen atoms in total. The Balaban J connectivity index is 1.93. The Morgan fingerprint density at radius 2 is 2.05 bits per heavy atom. The Morgan fingerprint density at radius 1 is 1.30 bits per heavy atom. The lowest BCUT2D eigenvalue weighted by Crippen LogP contribution is -2.26. The van der Waals surface area contributed by atoms with Crippen LogP contribution < -0.4 is 4.90 Å². The fraction of sp³-hybridized carbons (Fsp3) is 0.588. The van der Waals surface area contributed by atoms with Crippen molar-refractivity contribution >= 4 is 5.69 Å². The lowest BCUT2D eigenvalue weighted by molar-refractivity contribution is 0.0670. The molecular weight excluding hydrogens is 248 g/mol. The van der Waals surface area contributed by atoms with Crippen molar-refractivity contribution in [2.45, 2.75) is 44.6 Å². The number of benzene rings is 1. The summed E-state index contributed by atoms with van der Waals surface area (Å²) in [6.45, 7) is 1.09. The van der Waals surface area contributed by atoms with E-state index in [1.54, 1.807) is 0 Å². The second kappa shape index (κ2) is 5.10. The molecule has 3 heteroatoms. The Bertz CT molecular complexity index is 540. The molecule has 1 N–H and O–H groups in total. The molecule has 1 atom stereocenters. The van der Waals surface area contributed by atoms with E-state index in [4.69, 9.17) is 0 Å². The second-order valence-corrected chi connectivity index (χ2v) is 6.29. The predicted molar refractivity (Wildman–Crippen MR) is 79.5 cm³/mol. The summed E-state index contributed by atoms with van der Waals surface area (Å²) >= 11 is 0. The van der Waals surface area contributed by atoms with Gasteiger partial charge in [0.2, 0.25) is 0 Å². The van der Waals surface area contributed by atoms with Crippen molar-refractivity contribution in [1.82, 2.24) is 0 Å². The van der Waals surface area contributed by atoms with Gasteiger partial charge in [-0.2, -0.15) is 5.26 Å². The van der Waals surface area contributed by atoms with Gasteiger partial charge in [-0.1, -0.05) is 25.0 Å². The summed E-state index contributed by atoms with van der Waals surface area (Å²) in [6, 6.07) is 8.63. The average molecular weight is 270 g/mol. The smallest absolute Gasteiger partial charge is 0.0976 e. The third-order valence-corrected chi connectivity index (χ3v) is 5.01. The third-order valence-electron chi connectivity index (χ3n) is 5.01. The van der Waals surface area contributed by atoms with Crippen LogP contribution in [-0.2, 0) is 6.42 Å². The van der Waals surface area contributed by atoms with Crippen LogP contribution in [0.15, 0.2) is 18.2 Å². The summed E-state index contributed by atoms with van der Waals surface area (Å²) in [7, 11) is 2.11. The van der Waals surface area contributed by atoms with Crippen LogP contribution in [0.4, 0.5) is 5.69 Å². The number of aliphatic hydroxyl groups is 1. The standard InChI is InChI=1S/C17H22N2O/c1-19-10-4-5-13-11-14(6-7-15(13)19)16(20)17(12-18)8-2-3-9-17/h6-7,11,16,20H,2-5,8-10H2,1H3. The van der Waals surface area contributed by atoms with E-state index in [1.165, 1.54) is 11.3 Å². The molecule has 0 saturated heterocycles. The molecule has 0 spiro atoms. The zero-order chi connectivity index (χ0) is 14.2. The second-order valence-electron chi connectivity index (χ2n) is 6.29. The summed E-state index contributed by atoms with van der Waals surface area (Å²) in [6.07, 6.45) is 5.33. The maximum Gasteiger partial charge on any atom is 0.0976 e. The maximum absolute atomic E-state index is 10.7. The summed E-state index contributed by atoms with van der Waals surface area (Å²) in [5.41, 5.74) is 2.93. The van der Waals surface area contributed by atoms with E-state index < -0.39 is 11.5 Å². The monoisotopic (exact) mass is 270 g/mol. The zero-order valence-electron chi connectivity index (χ0n) is 12.1. The van der Waals surface area contributed by atoms with Crippen molar-refractivity contribution in [3.05, 3.63) is 29.3 Å². The van der Waals surface area contributed by atoms with Crippen molar-refractivity contribution in [2.75, 3.05) is 18.5 Å². The minimum atomic E-state index is -0.646. The van der Waals surface area contributed by atoms with Crippen LogP contribution in [0.25, 0.3) is 0 Å². The first-order valence-corrected chi connectivity index (χ1v) is 7.59. The summed E-state index contributed by atoms with van der Waals surface area (Å²) < 4.78 is 0. The molecule has 1 aromatic carbocycles. The van der Waals surface area contributed by atoms with Gasteiger partial charge in [-0.3, -0.25) is 0 Å². The molecule has 0 bridgehead atoms. The first-order chi connectivity index (χ1) is 9.66. The van der Waals surface area contributed by atoms with Crippen molar-refractivity contribution in [2.24, 2.45) is 5.41 Å². The van der Waals surface area contributed by atoms with Crippen LogP contribution in [-0.4, -0.2) is 18.7 Å². The van der Waals surface area contributed by atoms with Crippen molar-refractivity contribution in [3.63, 3.8) is 0 Å². The van der Waals surface area contributed by atoms with Crippen molar-refractivity contribution in [3.8, 4) is 6.07 Å². The van der Waals surface area contributed by atoms with Gasteiger partial charge in [-0.05, 0) is 42.9 Å². The number of aryl methyl sites for hydroxylation is 1. The molecule has 106 valence electrons. The normalized spacial score (nSPS) is 22.1. The van der Waals surface area contributed by atoms with Crippen LogP contribution in [0, 0.1) is 16.7 Å². The predicted octanol–water partition coefficient (Wildman–Crippen LogP) is 3.19. The molecule has 1 fully saturated rings. The van der Waals surface area contributed by atoms with E-state index in [9.17, 15) is 10.4 Å². The number of hydrogen-bond donors (Lipinski definition) is 1. The van der Waals surface area contributed by atoms with E-state index in [0.29, 0.717) is 0 Å². The van der Waals surface area contributed by atoms with Gasteiger partial charge in [0.1, 0.15) is 0 Å². The number of rotatable bonds is 2. The van der Waals surface area contributed by atoms with Gasteiger partial charge in [0.25, 0.3) is 0 Å². The number of aliphatic hydroxyl groups excluding tert-OH is 1. The Hall–Kier alpha value is -1.53. The first-order valence-electron chi connectivity index (χ1n) is 7.59. The highest BCUT2D eigenvalue weighted by molar-refractivity contribution is 5.56. The van der Waals surface area contributed by atoms with Crippen molar-refractivity contribution < 1.29 is 5.11 Å². The molecule has 20 heavy (non-hydrogen) atoms. The summed E-state index contributed by atoms with van der Waals surface area (Å²) in [5, 5.41) is 20.2. The largest absolute Gasteiger partial charge is 0.387 e. The fourth-order valence-corrected chi connectivity index (χ4v) is 3.75. The number of hydrogen-bond acceptors (Lipinski definition) is 3. The fourth-order valence-electron chi connectivity index (χ4n) is 3.75. The Morgan fingerprint density at radius 3 is 2.75 bits per heavy atom. The molecule has 1 heterocycles. The van der Waals surface area contributed by atoms with E-state index in [1.807, 2.05) is 6.07 Å². The van der Waals surface area contributed by atoms with Gasteiger partial charge >= 0.3 is 0 Å². The van der Waals surface area contributed by atoms with Gasteiger partial charge in [0.05, 0.1) is 17.6 Å². The highest BCUT2D eigenvalue weighted by Gasteiger charge is 2.41. The number of nitrogens with zero attached hydrogens (tertiary/aromatic N) is 2. The molecular formula is C17H22N2O. The van der Waals surface area contributed by atoms with Crippen molar-refractivity contribution in [1.29, 1.82) is 5.26 Å². The average Bonchev–Trinajstić information content (AvgIpc) is 2.96. The van der Waals surface area contributed by atoms with E-state index in [0.717, 1.165) is 50.6 Å². The minimum absolute atomic E-state index is 0.561. The first kappa shape index (κ1) is 13.5.